The summed E-state index contributed by atoms with van der Waals surface area (Å²) in [6, 6.07) is 8.66. The first-order chi connectivity index (χ1) is 19.2. The third kappa shape index (κ3) is 8.36. The maximum atomic E-state index is 13.2. The Balaban J connectivity index is 2.19. The van der Waals surface area contributed by atoms with Gasteiger partial charge in [-0.15, -0.1) is 0 Å². The quantitative estimate of drug-likeness (QED) is 0.182. The van der Waals surface area contributed by atoms with E-state index < -0.39 is 5.60 Å². The van der Waals surface area contributed by atoms with E-state index in [1.165, 1.54) is 11.1 Å². The second kappa shape index (κ2) is 16.2. The number of nitrogens with zero attached hydrogens (tertiary/aromatic N) is 2. The molecule has 0 saturated heterocycles. The van der Waals surface area contributed by atoms with Crippen LogP contribution in [0.2, 0.25) is 0 Å². The lowest BCUT2D eigenvalue weighted by atomic mass is 9.71. The van der Waals surface area contributed by atoms with Crippen molar-refractivity contribution in [3.05, 3.63) is 52.8 Å². The minimum absolute atomic E-state index is 0.00623. The van der Waals surface area contributed by atoms with Crippen molar-refractivity contribution >= 4 is 5.91 Å². The van der Waals surface area contributed by atoms with Crippen LogP contribution in [-0.2, 0) is 12.0 Å². The highest BCUT2D eigenvalue weighted by atomic mass is 16.5. The number of ether oxygens (including phenoxy) is 1. The van der Waals surface area contributed by atoms with Gasteiger partial charge in [-0.25, -0.2) is 0 Å². The van der Waals surface area contributed by atoms with Gasteiger partial charge < -0.3 is 24.6 Å². The van der Waals surface area contributed by atoms with Crippen LogP contribution in [0.3, 0.4) is 0 Å². The molecular weight excluding hydrogens is 498 g/mol. The zero-order valence-electron chi connectivity index (χ0n) is 26.7. The van der Waals surface area contributed by atoms with Gasteiger partial charge in [-0.3, -0.25) is 4.79 Å². The number of carbonyl (C=O) groups is 1. The normalized spacial score (nSPS) is 12.2. The van der Waals surface area contributed by atoms with Gasteiger partial charge in [-0.1, -0.05) is 53.7 Å². The molecule has 0 saturated carbocycles. The van der Waals surface area contributed by atoms with Crippen LogP contribution >= 0.6 is 0 Å². The molecule has 0 aliphatic rings. The summed E-state index contributed by atoms with van der Waals surface area (Å²) in [5, 5.41) is 13.7. The number of rotatable bonds is 19. The fourth-order valence-electron chi connectivity index (χ4n) is 5.89. The van der Waals surface area contributed by atoms with Crippen LogP contribution in [0.25, 0.3) is 0 Å². The number of aryl methyl sites for hydroxylation is 2. The lowest BCUT2D eigenvalue weighted by Crippen LogP contribution is -2.30. The van der Waals surface area contributed by atoms with E-state index >= 15 is 0 Å². The average Bonchev–Trinajstić information content (AvgIpc) is 3.42. The second-order valence-corrected chi connectivity index (χ2v) is 11.2. The summed E-state index contributed by atoms with van der Waals surface area (Å²) in [5.74, 6) is 0.907. The number of nitrogens with one attached hydrogen (secondary N) is 1. The van der Waals surface area contributed by atoms with E-state index in [1.54, 1.807) is 0 Å². The molecule has 2 rings (SSSR count). The maximum absolute atomic E-state index is 13.2. The van der Waals surface area contributed by atoms with Gasteiger partial charge >= 0.3 is 0 Å². The van der Waals surface area contributed by atoms with Crippen molar-refractivity contribution in [3.8, 4) is 5.75 Å². The molecule has 0 atom stereocenters. The molecule has 1 aromatic carbocycles. The third-order valence-electron chi connectivity index (χ3n) is 9.15. The number of amides is 1. The minimum Gasteiger partial charge on any atom is -0.493 e. The molecule has 1 heterocycles. The summed E-state index contributed by atoms with van der Waals surface area (Å²) >= 11 is 0. The van der Waals surface area contributed by atoms with Crippen molar-refractivity contribution in [2.75, 3.05) is 32.8 Å². The van der Waals surface area contributed by atoms with Gasteiger partial charge in [-0.2, -0.15) is 0 Å². The number of hydrogen-bond donors (Lipinski definition) is 2. The molecular formula is C34H57N3O3. The topological polar surface area (TPSA) is 66.7 Å². The number of aliphatic hydroxyl groups is 1. The highest BCUT2D eigenvalue weighted by Crippen LogP contribution is 2.41. The SMILES string of the molecule is CCN(CC)CCCNC(=O)c1cc(C(CC)(CC)c2ccc(OCCCC(O)(CC)CC)c(C)c2)cn1CC. The largest absolute Gasteiger partial charge is 0.493 e. The predicted molar refractivity (Wildman–Crippen MR) is 168 cm³/mol. The molecule has 226 valence electrons. The molecule has 0 fully saturated rings. The second-order valence-electron chi connectivity index (χ2n) is 11.2. The molecule has 6 heteroatoms. The van der Waals surface area contributed by atoms with Gasteiger partial charge in [0.1, 0.15) is 11.4 Å². The highest BCUT2D eigenvalue weighted by molar-refractivity contribution is 5.93. The van der Waals surface area contributed by atoms with Crippen LogP contribution < -0.4 is 10.1 Å². The van der Waals surface area contributed by atoms with Gasteiger partial charge in [-0.05, 0) is 107 Å². The Morgan fingerprint density at radius 2 is 1.62 bits per heavy atom. The van der Waals surface area contributed by atoms with Crippen molar-refractivity contribution in [1.29, 1.82) is 0 Å². The molecule has 2 N–H and O–H groups in total. The molecule has 0 spiro atoms. The molecule has 0 bridgehead atoms. The van der Waals surface area contributed by atoms with E-state index in [4.69, 9.17) is 4.74 Å². The number of aromatic nitrogens is 1. The van der Waals surface area contributed by atoms with Gasteiger partial charge in [0, 0.05) is 24.7 Å². The van der Waals surface area contributed by atoms with E-state index in [1.807, 2.05) is 13.8 Å². The van der Waals surface area contributed by atoms with Crippen molar-refractivity contribution in [1.82, 2.24) is 14.8 Å². The monoisotopic (exact) mass is 555 g/mol. The summed E-state index contributed by atoms with van der Waals surface area (Å²) in [5.41, 5.74) is 3.54. The number of hydrogen-bond acceptors (Lipinski definition) is 4. The fourth-order valence-corrected chi connectivity index (χ4v) is 5.89. The first-order valence-electron chi connectivity index (χ1n) is 15.8. The fraction of sp³-hybridized carbons (Fsp3) is 0.676. The van der Waals surface area contributed by atoms with Crippen LogP contribution in [-0.4, -0.2) is 58.9 Å². The molecule has 0 radical (unpaired) electrons. The highest BCUT2D eigenvalue weighted by Gasteiger charge is 2.33. The zero-order chi connectivity index (χ0) is 29.8. The molecule has 1 amide bonds. The van der Waals surface area contributed by atoms with Gasteiger partial charge in [0.15, 0.2) is 0 Å². The summed E-state index contributed by atoms with van der Waals surface area (Å²) < 4.78 is 8.23. The lowest BCUT2D eigenvalue weighted by molar-refractivity contribution is 0.0184. The number of carbonyl (C=O) groups excluding carboxylic acids is 1. The Kier molecular flexibility index (Phi) is 13.7. The minimum atomic E-state index is -0.583. The molecule has 0 aliphatic heterocycles. The summed E-state index contributed by atoms with van der Waals surface area (Å²) in [6.45, 7) is 22.2. The van der Waals surface area contributed by atoms with Crippen LogP contribution in [0, 0.1) is 6.92 Å². The Bertz CT molecular complexity index is 1030. The summed E-state index contributed by atoms with van der Waals surface area (Å²) in [7, 11) is 0. The first kappa shape index (κ1) is 33.9. The Hall–Kier alpha value is -2.31. The average molecular weight is 556 g/mol. The smallest absolute Gasteiger partial charge is 0.267 e. The molecule has 0 aliphatic carbocycles. The van der Waals surface area contributed by atoms with Crippen LogP contribution in [0.5, 0.6) is 5.75 Å². The van der Waals surface area contributed by atoms with Gasteiger partial charge in [0.05, 0.1) is 12.2 Å². The van der Waals surface area contributed by atoms with Gasteiger partial charge in [0.25, 0.3) is 5.91 Å². The van der Waals surface area contributed by atoms with Crippen LogP contribution in [0.1, 0.15) is 121 Å². The predicted octanol–water partition coefficient (Wildman–Crippen LogP) is 7.09. The van der Waals surface area contributed by atoms with E-state index in [2.05, 4.69) is 86.8 Å². The Morgan fingerprint density at radius 3 is 2.17 bits per heavy atom. The Labute approximate surface area is 244 Å². The van der Waals surface area contributed by atoms with E-state index in [9.17, 15) is 9.90 Å². The third-order valence-corrected chi connectivity index (χ3v) is 9.15. The summed E-state index contributed by atoms with van der Waals surface area (Å²) in [4.78, 5) is 15.6. The number of benzene rings is 1. The first-order valence-corrected chi connectivity index (χ1v) is 15.8. The lowest BCUT2D eigenvalue weighted by Gasteiger charge is -2.32. The molecule has 0 unspecified atom stereocenters. The van der Waals surface area contributed by atoms with Gasteiger partial charge in [0.2, 0.25) is 0 Å². The van der Waals surface area contributed by atoms with Crippen molar-refractivity contribution < 1.29 is 14.6 Å². The Morgan fingerprint density at radius 1 is 0.950 bits per heavy atom. The standard InChI is InChI=1S/C34H57N3O3/c1-9-33(39,10-2)20-16-23-40-31-19-18-28(24-27(31)8)34(11-3,12-4)29-25-30(37(15-7)26-29)32(38)35-21-17-22-36(13-5)14-6/h18-19,24-26,39H,9-17,20-23H2,1-8H3,(H,35,38). The van der Waals surface area contributed by atoms with Crippen molar-refractivity contribution in [2.24, 2.45) is 0 Å². The van der Waals surface area contributed by atoms with E-state index in [0.29, 0.717) is 13.2 Å². The van der Waals surface area contributed by atoms with Crippen molar-refractivity contribution in [2.45, 2.75) is 118 Å². The molecule has 2 aromatic rings. The van der Waals surface area contributed by atoms with E-state index in [0.717, 1.165) is 88.1 Å². The zero-order valence-corrected chi connectivity index (χ0v) is 26.7. The van der Waals surface area contributed by atoms with Crippen LogP contribution in [0.15, 0.2) is 30.5 Å². The molecule has 1 aromatic heterocycles. The van der Waals surface area contributed by atoms with Crippen LogP contribution in [0.4, 0.5) is 0 Å². The molecule has 6 nitrogen and oxygen atoms in total. The molecule has 40 heavy (non-hydrogen) atoms. The maximum Gasteiger partial charge on any atom is 0.267 e. The van der Waals surface area contributed by atoms with Crippen molar-refractivity contribution in [3.63, 3.8) is 0 Å². The van der Waals surface area contributed by atoms with E-state index in [-0.39, 0.29) is 11.3 Å². The summed E-state index contributed by atoms with van der Waals surface area (Å²) in [6.07, 6.45) is 8.14.